The molecule has 0 atom stereocenters. The van der Waals surface area contributed by atoms with Gasteiger partial charge >= 0.3 is 12.2 Å². The van der Waals surface area contributed by atoms with Gasteiger partial charge in [0, 0.05) is 29.9 Å². The van der Waals surface area contributed by atoms with E-state index in [1.807, 2.05) is 6.92 Å². The topological polar surface area (TPSA) is 149 Å². The molecule has 0 aliphatic carbocycles. The summed E-state index contributed by atoms with van der Waals surface area (Å²) in [7, 11) is -5.25. The smallest absolute Gasteiger partial charge is 0.428 e. The first kappa shape index (κ1) is 35.1. The van der Waals surface area contributed by atoms with Crippen LogP contribution in [0.25, 0.3) is 11.1 Å². The molecule has 0 unspecified atom stereocenters. The van der Waals surface area contributed by atoms with E-state index >= 15 is 0 Å². The molecule has 0 aliphatic rings. The molecule has 0 saturated carbocycles. The van der Waals surface area contributed by atoms with Crippen molar-refractivity contribution in [2.24, 2.45) is 5.10 Å². The molecular formula is C30H40N4O6S3Si. The second-order valence-electron chi connectivity index (χ2n) is 12.2. The molecule has 238 valence electrons. The number of nitrogens with zero attached hydrogens (tertiary/aromatic N) is 1. The molecule has 4 N–H and O–H groups in total. The van der Waals surface area contributed by atoms with Crippen LogP contribution in [0.2, 0.25) is 25.7 Å². The SMILES string of the molecule is CSc1sc(C=NNC(=O)OC(C)(C)C)cc1S(=O)(=O)c1cccc(-c2c(C)cc(NC(=O)OCC[Si](C)(C)C)cc2N)c1. The number of ether oxygens (including phenoxy) is 2. The van der Waals surface area contributed by atoms with Gasteiger partial charge in [-0.15, -0.1) is 23.1 Å². The average Bonchev–Trinajstić information content (AvgIpc) is 3.31. The second kappa shape index (κ2) is 14.2. The molecule has 0 bridgehead atoms. The number of thioether (sulfide) groups is 1. The van der Waals surface area contributed by atoms with Crippen LogP contribution in [0.5, 0.6) is 0 Å². The van der Waals surface area contributed by atoms with Crippen LogP contribution in [0.3, 0.4) is 0 Å². The summed E-state index contributed by atoms with van der Waals surface area (Å²) in [6.45, 7) is 14.0. The predicted molar refractivity (Wildman–Crippen MR) is 183 cm³/mol. The average molecular weight is 677 g/mol. The Hall–Kier alpha value is -3.33. The Bertz CT molecular complexity index is 1630. The van der Waals surface area contributed by atoms with E-state index in [0.29, 0.717) is 38.2 Å². The Morgan fingerprint density at radius 3 is 2.43 bits per heavy atom. The number of nitrogens with two attached hydrogens (primary N) is 1. The van der Waals surface area contributed by atoms with Crippen LogP contribution in [-0.2, 0) is 19.3 Å². The van der Waals surface area contributed by atoms with Gasteiger partial charge in [0.2, 0.25) is 9.84 Å². The molecule has 3 aromatic rings. The van der Waals surface area contributed by atoms with Gasteiger partial charge in [0.1, 0.15) is 5.60 Å². The lowest BCUT2D eigenvalue weighted by atomic mass is 9.98. The number of sulfone groups is 1. The minimum Gasteiger partial charge on any atom is -0.450 e. The van der Waals surface area contributed by atoms with Gasteiger partial charge in [0.25, 0.3) is 0 Å². The zero-order valence-corrected chi connectivity index (χ0v) is 29.7. The Labute approximate surface area is 268 Å². The van der Waals surface area contributed by atoms with E-state index in [1.54, 1.807) is 57.4 Å². The second-order valence-corrected chi connectivity index (χ2v) is 21.9. The number of hydrazone groups is 1. The van der Waals surface area contributed by atoms with Crippen molar-refractivity contribution in [3.63, 3.8) is 0 Å². The standard InChI is InChI=1S/C30H40N4O6S3Si/c1-19-14-21(33-28(35)39-12-13-44(6,7)8)16-24(31)26(19)20-10-9-11-23(15-20)43(37,38)25-17-22(42-27(25)41-5)18-32-34-29(36)40-30(2,3)4/h9-11,14-18H,12-13,31H2,1-8H3,(H,33,35)(H,34,36). The van der Waals surface area contributed by atoms with E-state index < -0.39 is 35.7 Å². The fourth-order valence-corrected chi connectivity index (χ4v) is 8.70. The van der Waals surface area contributed by atoms with Crippen molar-refractivity contribution in [1.82, 2.24) is 5.43 Å². The Kier molecular flexibility index (Phi) is 11.3. The minimum absolute atomic E-state index is 0.102. The number of carbonyl (C=O) groups is 2. The van der Waals surface area contributed by atoms with E-state index in [1.165, 1.54) is 41.4 Å². The van der Waals surface area contributed by atoms with E-state index in [-0.39, 0.29) is 9.79 Å². The molecule has 44 heavy (non-hydrogen) atoms. The monoisotopic (exact) mass is 676 g/mol. The van der Waals surface area contributed by atoms with Crippen LogP contribution in [0, 0.1) is 6.92 Å². The van der Waals surface area contributed by atoms with E-state index in [2.05, 4.69) is 35.5 Å². The van der Waals surface area contributed by atoms with E-state index in [9.17, 15) is 18.0 Å². The van der Waals surface area contributed by atoms with Gasteiger partial charge in [-0.3, -0.25) is 5.32 Å². The summed E-state index contributed by atoms with van der Waals surface area (Å²) in [5, 5.41) is 6.63. The van der Waals surface area contributed by atoms with E-state index in [0.717, 1.165) is 11.6 Å². The number of rotatable bonds is 10. The zero-order valence-electron chi connectivity index (χ0n) is 26.2. The highest BCUT2D eigenvalue weighted by molar-refractivity contribution is 8.01. The first-order chi connectivity index (χ1) is 20.4. The van der Waals surface area contributed by atoms with Gasteiger partial charge in [0.05, 0.1) is 26.8 Å². The first-order valence-electron chi connectivity index (χ1n) is 13.8. The van der Waals surface area contributed by atoms with Crippen LogP contribution < -0.4 is 16.5 Å². The molecule has 2 aromatic carbocycles. The maximum absolute atomic E-state index is 13.8. The van der Waals surface area contributed by atoms with Crippen molar-refractivity contribution in [3.8, 4) is 11.1 Å². The molecule has 0 spiro atoms. The molecule has 0 saturated heterocycles. The quantitative estimate of drug-likeness (QED) is 0.0653. The van der Waals surface area contributed by atoms with Crippen LogP contribution in [0.4, 0.5) is 21.0 Å². The largest absolute Gasteiger partial charge is 0.450 e. The van der Waals surface area contributed by atoms with Crippen molar-refractivity contribution in [2.45, 2.75) is 73.0 Å². The highest BCUT2D eigenvalue weighted by Gasteiger charge is 2.25. The third-order valence-corrected chi connectivity index (χ3v) is 12.0. The lowest BCUT2D eigenvalue weighted by Crippen LogP contribution is -2.29. The lowest BCUT2D eigenvalue weighted by molar-refractivity contribution is 0.0529. The Morgan fingerprint density at radius 2 is 1.82 bits per heavy atom. The number of nitrogens with one attached hydrogen (secondary N) is 2. The summed E-state index contributed by atoms with van der Waals surface area (Å²) in [5.41, 5.74) is 10.9. The third kappa shape index (κ3) is 9.84. The summed E-state index contributed by atoms with van der Waals surface area (Å²) < 4.78 is 38.7. The molecule has 0 aliphatic heterocycles. The zero-order chi connectivity index (χ0) is 32.9. The third-order valence-electron chi connectivity index (χ3n) is 6.04. The molecule has 1 aromatic heterocycles. The number of aryl methyl sites for hydroxylation is 1. The highest BCUT2D eigenvalue weighted by Crippen LogP contribution is 2.38. The fourth-order valence-electron chi connectivity index (χ4n) is 4.05. The number of anilines is 2. The van der Waals surface area contributed by atoms with Crippen LogP contribution >= 0.6 is 23.1 Å². The van der Waals surface area contributed by atoms with Crippen molar-refractivity contribution in [1.29, 1.82) is 0 Å². The molecule has 14 heteroatoms. The molecular weight excluding hydrogens is 637 g/mol. The number of amides is 2. The molecule has 2 amide bonds. The summed E-state index contributed by atoms with van der Waals surface area (Å²) in [4.78, 5) is 25.0. The van der Waals surface area contributed by atoms with Crippen LogP contribution in [0.15, 0.2) is 61.6 Å². The Balaban J connectivity index is 1.83. The first-order valence-corrected chi connectivity index (χ1v) is 21.0. The van der Waals surface area contributed by atoms with Gasteiger partial charge in [-0.1, -0.05) is 31.8 Å². The minimum atomic E-state index is -3.92. The van der Waals surface area contributed by atoms with Crippen molar-refractivity contribution < 1.29 is 27.5 Å². The Morgan fingerprint density at radius 1 is 1.11 bits per heavy atom. The fraction of sp³-hybridized carbons (Fsp3) is 0.367. The van der Waals surface area contributed by atoms with E-state index in [4.69, 9.17) is 15.2 Å². The predicted octanol–water partition coefficient (Wildman–Crippen LogP) is 7.61. The van der Waals surface area contributed by atoms with Gasteiger partial charge in [0.15, 0.2) is 0 Å². The number of carbonyl (C=O) groups excluding carboxylic acids is 2. The summed E-state index contributed by atoms with van der Waals surface area (Å²) in [6, 6.07) is 12.4. The molecule has 3 rings (SSSR count). The maximum Gasteiger partial charge on any atom is 0.428 e. The number of hydrogen-bond acceptors (Lipinski definition) is 10. The lowest BCUT2D eigenvalue weighted by Gasteiger charge is -2.18. The number of thiophene rings is 1. The van der Waals surface area contributed by atoms with Crippen molar-refractivity contribution in [3.05, 3.63) is 52.9 Å². The summed E-state index contributed by atoms with van der Waals surface area (Å²) in [5.74, 6) is 0. The summed E-state index contributed by atoms with van der Waals surface area (Å²) in [6.07, 6.45) is 1.91. The molecule has 0 fully saturated rings. The van der Waals surface area contributed by atoms with Gasteiger partial charge in [-0.25, -0.2) is 23.4 Å². The molecule has 1 heterocycles. The van der Waals surface area contributed by atoms with Gasteiger partial charge in [-0.05, 0) is 81.5 Å². The van der Waals surface area contributed by atoms with Gasteiger partial charge < -0.3 is 15.2 Å². The summed E-state index contributed by atoms with van der Waals surface area (Å²) >= 11 is 2.55. The number of hydrogen-bond donors (Lipinski definition) is 3. The molecule has 0 radical (unpaired) electrons. The number of benzene rings is 2. The number of nitrogen functional groups attached to an aromatic ring is 1. The van der Waals surface area contributed by atoms with Crippen molar-refractivity contribution >= 4 is 70.8 Å². The van der Waals surface area contributed by atoms with Crippen molar-refractivity contribution in [2.75, 3.05) is 23.9 Å². The van der Waals surface area contributed by atoms with Gasteiger partial charge in [-0.2, -0.15) is 5.10 Å². The highest BCUT2D eigenvalue weighted by atomic mass is 32.2. The van der Waals surface area contributed by atoms with Crippen LogP contribution in [-0.4, -0.2) is 53.4 Å². The normalized spacial score (nSPS) is 12.3. The van der Waals surface area contributed by atoms with Crippen LogP contribution in [0.1, 0.15) is 31.2 Å². The maximum atomic E-state index is 13.8. The molecule has 10 nitrogen and oxygen atoms in total.